The highest BCUT2D eigenvalue weighted by atomic mass is 32.2. The van der Waals surface area contributed by atoms with Gasteiger partial charge >= 0.3 is 0 Å². The third-order valence-corrected chi connectivity index (χ3v) is 6.62. The van der Waals surface area contributed by atoms with Gasteiger partial charge in [-0.1, -0.05) is 0 Å². The Morgan fingerprint density at radius 2 is 1.77 bits per heavy atom. The molecule has 0 unspecified atom stereocenters. The first-order valence-electron chi connectivity index (χ1n) is 8.61. The molecule has 2 aliphatic rings. The minimum Gasteiger partial charge on any atom is -0.350 e. The Morgan fingerprint density at radius 3 is 2.35 bits per heavy atom. The lowest BCUT2D eigenvalue weighted by Crippen LogP contribution is -2.46. The third kappa shape index (κ3) is 4.22. The molecule has 0 aliphatic carbocycles. The zero-order chi connectivity index (χ0) is 18.7. The molecule has 2 saturated heterocycles. The molecular formula is C17H23FN2O5S. The molecule has 0 saturated carbocycles. The van der Waals surface area contributed by atoms with Crippen molar-refractivity contribution in [2.75, 3.05) is 39.9 Å². The number of ether oxygens (including phenoxy) is 2. The van der Waals surface area contributed by atoms with E-state index in [1.54, 1.807) is 4.90 Å². The van der Waals surface area contributed by atoms with Crippen LogP contribution >= 0.6 is 0 Å². The van der Waals surface area contributed by atoms with Crippen LogP contribution in [0.2, 0.25) is 0 Å². The van der Waals surface area contributed by atoms with E-state index in [1.807, 2.05) is 0 Å². The van der Waals surface area contributed by atoms with Gasteiger partial charge in [-0.15, -0.1) is 0 Å². The number of benzene rings is 1. The number of likely N-dealkylation sites (tertiary alicyclic amines) is 1. The average Bonchev–Trinajstić information content (AvgIpc) is 3.17. The maximum Gasteiger partial charge on any atom is 0.243 e. The number of rotatable bonds is 5. The maximum absolute atomic E-state index is 13.0. The largest absolute Gasteiger partial charge is 0.350 e. The van der Waals surface area contributed by atoms with Gasteiger partial charge in [-0.05, 0) is 37.1 Å². The van der Waals surface area contributed by atoms with Gasteiger partial charge in [0.25, 0.3) is 0 Å². The van der Waals surface area contributed by atoms with Crippen molar-refractivity contribution in [2.45, 2.75) is 24.0 Å². The number of carbonyl (C=O) groups is 1. The maximum atomic E-state index is 13.0. The number of amides is 1. The molecule has 2 fully saturated rings. The van der Waals surface area contributed by atoms with Gasteiger partial charge < -0.3 is 14.4 Å². The van der Waals surface area contributed by atoms with Crippen molar-refractivity contribution in [2.24, 2.45) is 5.92 Å². The second-order valence-electron chi connectivity index (χ2n) is 6.54. The monoisotopic (exact) mass is 386 g/mol. The number of carbonyl (C=O) groups excluding carboxylic acids is 1. The minimum atomic E-state index is -3.83. The number of hydrogen-bond acceptors (Lipinski definition) is 5. The molecule has 7 nitrogen and oxygen atoms in total. The van der Waals surface area contributed by atoms with E-state index in [9.17, 15) is 17.6 Å². The summed E-state index contributed by atoms with van der Waals surface area (Å²) in [6.45, 7) is 2.07. The van der Waals surface area contributed by atoms with Gasteiger partial charge in [-0.2, -0.15) is 4.31 Å². The first kappa shape index (κ1) is 19.2. The van der Waals surface area contributed by atoms with Crippen LogP contribution in [0.25, 0.3) is 0 Å². The zero-order valence-electron chi connectivity index (χ0n) is 14.6. The highest BCUT2D eigenvalue weighted by Crippen LogP contribution is 2.26. The lowest BCUT2D eigenvalue weighted by atomic mass is 9.96. The predicted molar refractivity (Wildman–Crippen MR) is 91.2 cm³/mol. The van der Waals surface area contributed by atoms with Crippen molar-refractivity contribution in [1.82, 2.24) is 9.21 Å². The second-order valence-corrected chi connectivity index (χ2v) is 8.59. The summed E-state index contributed by atoms with van der Waals surface area (Å²) >= 11 is 0. The fraction of sp³-hybridized carbons (Fsp3) is 0.588. The fourth-order valence-electron chi connectivity index (χ4n) is 3.23. The van der Waals surface area contributed by atoms with E-state index in [4.69, 9.17) is 9.47 Å². The van der Waals surface area contributed by atoms with E-state index in [1.165, 1.54) is 19.2 Å². The van der Waals surface area contributed by atoms with Crippen molar-refractivity contribution in [3.8, 4) is 0 Å². The molecule has 1 aromatic rings. The fourth-order valence-corrected chi connectivity index (χ4v) is 4.35. The van der Waals surface area contributed by atoms with Gasteiger partial charge in [-0.3, -0.25) is 4.79 Å². The van der Waals surface area contributed by atoms with Gasteiger partial charge in [0.15, 0.2) is 6.29 Å². The summed E-state index contributed by atoms with van der Waals surface area (Å²) in [5.41, 5.74) is 0. The molecule has 9 heteroatoms. The molecule has 0 atom stereocenters. The SMILES string of the molecule is CN(CC(=O)N1CCC(C2OCCO2)CC1)S(=O)(=O)c1ccc(F)cc1. The quantitative estimate of drug-likeness (QED) is 0.756. The van der Waals surface area contributed by atoms with Crippen LogP contribution in [-0.4, -0.2) is 69.7 Å². The topological polar surface area (TPSA) is 76.2 Å². The van der Waals surface area contributed by atoms with Crippen LogP contribution in [0, 0.1) is 11.7 Å². The van der Waals surface area contributed by atoms with Crippen LogP contribution in [0.3, 0.4) is 0 Å². The summed E-state index contributed by atoms with van der Waals surface area (Å²) in [5, 5.41) is 0. The van der Waals surface area contributed by atoms with Gasteiger partial charge in [0.2, 0.25) is 15.9 Å². The second kappa shape index (κ2) is 7.99. The molecule has 1 aromatic carbocycles. The van der Waals surface area contributed by atoms with Crippen molar-refractivity contribution in [1.29, 1.82) is 0 Å². The number of sulfonamides is 1. The zero-order valence-corrected chi connectivity index (χ0v) is 15.5. The van der Waals surface area contributed by atoms with Crippen LogP contribution in [0.4, 0.5) is 4.39 Å². The molecule has 1 amide bonds. The predicted octanol–water partition coefficient (Wildman–Crippen LogP) is 1.06. The molecule has 0 spiro atoms. The Morgan fingerprint density at radius 1 is 1.19 bits per heavy atom. The smallest absolute Gasteiger partial charge is 0.243 e. The van der Waals surface area contributed by atoms with E-state index in [0.29, 0.717) is 26.3 Å². The highest BCUT2D eigenvalue weighted by Gasteiger charge is 2.33. The van der Waals surface area contributed by atoms with Crippen LogP contribution in [0.15, 0.2) is 29.2 Å². The summed E-state index contributed by atoms with van der Waals surface area (Å²) in [6.07, 6.45) is 1.35. The minimum absolute atomic E-state index is 0.0385. The number of likely N-dealkylation sites (N-methyl/N-ethyl adjacent to an activating group) is 1. The number of piperidine rings is 1. The number of halogens is 1. The number of hydrogen-bond donors (Lipinski definition) is 0. The molecule has 0 aromatic heterocycles. The first-order valence-corrected chi connectivity index (χ1v) is 10.0. The molecule has 3 rings (SSSR count). The molecular weight excluding hydrogens is 363 g/mol. The molecule has 0 N–H and O–H groups in total. The molecule has 26 heavy (non-hydrogen) atoms. The molecule has 0 bridgehead atoms. The van der Waals surface area contributed by atoms with Crippen molar-refractivity contribution in [3.63, 3.8) is 0 Å². The standard InChI is InChI=1S/C17H23FN2O5S/c1-19(26(22,23)15-4-2-14(18)3-5-15)12-16(21)20-8-6-13(7-9-20)17-24-10-11-25-17/h2-5,13,17H,6-12H2,1H3. The summed E-state index contributed by atoms with van der Waals surface area (Å²) in [4.78, 5) is 14.1. The van der Waals surface area contributed by atoms with Crippen LogP contribution in [-0.2, 0) is 24.3 Å². The Labute approximate surface area is 152 Å². The average molecular weight is 386 g/mol. The van der Waals surface area contributed by atoms with Gasteiger partial charge in [0, 0.05) is 26.1 Å². The lowest BCUT2D eigenvalue weighted by Gasteiger charge is -2.34. The molecule has 0 radical (unpaired) electrons. The van der Waals surface area contributed by atoms with Crippen molar-refractivity contribution < 1.29 is 27.1 Å². The normalized spacial score (nSPS) is 20.0. The Hall–Kier alpha value is -1.55. The summed E-state index contributed by atoms with van der Waals surface area (Å²) in [5.74, 6) is -0.493. The van der Waals surface area contributed by atoms with Crippen LogP contribution < -0.4 is 0 Å². The number of nitrogens with zero attached hydrogens (tertiary/aromatic N) is 2. The summed E-state index contributed by atoms with van der Waals surface area (Å²) < 4.78 is 50.0. The summed E-state index contributed by atoms with van der Waals surface area (Å²) in [7, 11) is -2.48. The first-order chi connectivity index (χ1) is 12.4. The lowest BCUT2D eigenvalue weighted by molar-refractivity contribution is -0.136. The van der Waals surface area contributed by atoms with Gasteiger partial charge in [0.1, 0.15) is 5.82 Å². The highest BCUT2D eigenvalue weighted by molar-refractivity contribution is 7.89. The van der Waals surface area contributed by atoms with Gasteiger partial charge in [-0.25, -0.2) is 12.8 Å². The van der Waals surface area contributed by atoms with E-state index < -0.39 is 15.8 Å². The van der Waals surface area contributed by atoms with E-state index in [0.717, 1.165) is 29.3 Å². The Kier molecular flexibility index (Phi) is 5.91. The van der Waals surface area contributed by atoms with Crippen LogP contribution in [0.1, 0.15) is 12.8 Å². The summed E-state index contributed by atoms with van der Waals surface area (Å²) in [6, 6.07) is 4.55. The Balaban J connectivity index is 1.55. The Bertz CT molecular complexity index is 726. The van der Waals surface area contributed by atoms with Crippen molar-refractivity contribution in [3.05, 3.63) is 30.1 Å². The molecule has 144 valence electrons. The van der Waals surface area contributed by atoms with E-state index in [2.05, 4.69) is 0 Å². The van der Waals surface area contributed by atoms with Gasteiger partial charge in [0.05, 0.1) is 24.7 Å². The van der Waals surface area contributed by atoms with Crippen molar-refractivity contribution >= 4 is 15.9 Å². The van der Waals surface area contributed by atoms with E-state index in [-0.39, 0.29) is 29.6 Å². The molecule has 2 heterocycles. The van der Waals surface area contributed by atoms with Crippen LogP contribution in [0.5, 0.6) is 0 Å². The van der Waals surface area contributed by atoms with E-state index >= 15 is 0 Å². The molecule has 2 aliphatic heterocycles. The third-order valence-electron chi connectivity index (χ3n) is 4.80.